The van der Waals surface area contributed by atoms with Gasteiger partial charge in [-0.3, -0.25) is 4.90 Å². The van der Waals surface area contributed by atoms with E-state index in [2.05, 4.69) is 41.0 Å². The molecule has 2 aromatic rings. The molecule has 1 N–H and O–H groups in total. The molecule has 0 amide bonds. The normalized spacial score (nSPS) is 12.3. The molecule has 23 heavy (non-hydrogen) atoms. The van der Waals surface area contributed by atoms with E-state index in [-0.39, 0.29) is 0 Å². The van der Waals surface area contributed by atoms with E-state index in [4.69, 9.17) is 4.52 Å². The van der Waals surface area contributed by atoms with E-state index in [0.29, 0.717) is 30.7 Å². The Kier molecular flexibility index (Phi) is 5.91. The second-order valence-electron chi connectivity index (χ2n) is 7.15. The van der Waals surface area contributed by atoms with Crippen molar-refractivity contribution in [2.45, 2.75) is 52.8 Å². The van der Waals surface area contributed by atoms with Crippen LogP contribution in [0.5, 0.6) is 0 Å². The van der Waals surface area contributed by atoms with E-state index < -0.39 is 5.60 Å². The number of aliphatic hydroxyl groups is 1. The molecule has 0 aliphatic carbocycles. The highest BCUT2D eigenvalue weighted by atomic mass is 16.5. The van der Waals surface area contributed by atoms with Crippen LogP contribution in [0.4, 0.5) is 0 Å². The standard InChI is InChI=1S/C18H27N3O2/c1-14(2)10-17-19-16(20-23-17)12-21(13-18(3,4)22)11-15-8-6-5-7-9-15/h5-9,14,22H,10-13H2,1-4H3. The quantitative estimate of drug-likeness (QED) is 0.811. The molecule has 2 rings (SSSR count). The third-order valence-electron chi connectivity index (χ3n) is 3.32. The number of hydrogen-bond acceptors (Lipinski definition) is 5. The second kappa shape index (κ2) is 7.70. The Bertz CT molecular complexity index is 588. The summed E-state index contributed by atoms with van der Waals surface area (Å²) < 4.78 is 5.31. The number of benzene rings is 1. The first kappa shape index (κ1) is 17.6. The summed E-state index contributed by atoms with van der Waals surface area (Å²) in [5, 5.41) is 14.2. The molecule has 0 bridgehead atoms. The SMILES string of the molecule is CC(C)Cc1nc(CN(Cc2ccccc2)CC(C)(C)O)no1. The van der Waals surface area contributed by atoms with E-state index in [9.17, 15) is 5.11 Å². The number of aromatic nitrogens is 2. The van der Waals surface area contributed by atoms with Crippen molar-refractivity contribution in [2.24, 2.45) is 5.92 Å². The highest BCUT2D eigenvalue weighted by Gasteiger charge is 2.20. The molecule has 0 atom stereocenters. The van der Waals surface area contributed by atoms with Crippen LogP contribution >= 0.6 is 0 Å². The fraction of sp³-hybridized carbons (Fsp3) is 0.556. The molecule has 5 heteroatoms. The highest BCUT2D eigenvalue weighted by molar-refractivity contribution is 5.14. The topological polar surface area (TPSA) is 62.4 Å². The predicted octanol–water partition coefficient (Wildman–Crippen LogP) is 3.04. The zero-order valence-corrected chi connectivity index (χ0v) is 14.5. The summed E-state index contributed by atoms with van der Waals surface area (Å²) in [5.74, 6) is 1.83. The minimum Gasteiger partial charge on any atom is -0.389 e. The lowest BCUT2D eigenvalue weighted by molar-refractivity contribution is 0.0296. The molecule has 0 saturated heterocycles. The third kappa shape index (κ3) is 6.50. The van der Waals surface area contributed by atoms with Crippen molar-refractivity contribution in [3.63, 3.8) is 0 Å². The first-order valence-corrected chi connectivity index (χ1v) is 8.12. The van der Waals surface area contributed by atoms with Crippen molar-refractivity contribution in [1.82, 2.24) is 15.0 Å². The van der Waals surface area contributed by atoms with Gasteiger partial charge in [-0.2, -0.15) is 4.98 Å². The fourth-order valence-corrected chi connectivity index (χ4v) is 2.54. The Labute approximate surface area is 138 Å². The Morgan fingerprint density at radius 3 is 2.48 bits per heavy atom. The van der Waals surface area contributed by atoms with Crippen molar-refractivity contribution in [3.05, 3.63) is 47.6 Å². The van der Waals surface area contributed by atoms with Crippen molar-refractivity contribution >= 4 is 0 Å². The van der Waals surface area contributed by atoms with E-state index in [1.165, 1.54) is 5.56 Å². The van der Waals surface area contributed by atoms with Crippen molar-refractivity contribution in [1.29, 1.82) is 0 Å². The monoisotopic (exact) mass is 317 g/mol. The molecule has 0 radical (unpaired) electrons. The average molecular weight is 317 g/mol. The molecule has 0 saturated carbocycles. The van der Waals surface area contributed by atoms with Crippen LogP contribution in [0.2, 0.25) is 0 Å². The van der Waals surface area contributed by atoms with Gasteiger partial charge in [-0.15, -0.1) is 0 Å². The Hall–Kier alpha value is -1.72. The third-order valence-corrected chi connectivity index (χ3v) is 3.32. The van der Waals surface area contributed by atoms with Crippen LogP contribution in [-0.4, -0.2) is 32.3 Å². The Morgan fingerprint density at radius 1 is 1.17 bits per heavy atom. The molecule has 0 unspecified atom stereocenters. The zero-order valence-electron chi connectivity index (χ0n) is 14.5. The second-order valence-corrected chi connectivity index (χ2v) is 7.15. The van der Waals surface area contributed by atoms with Gasteiger partial charge in [-0.25, -0.2) is 0 Å². The van der Waals surface area contributed by atoms with Gasteiger partial charge in [0.1, 0.15) is 0 Å². The summed E-state index contributed by atoms with van der Waals surface area (Å²) in [6.45, 7) is 9.70. The van der Waals surface area contributed by atoms with E-state index in [0.717, 1.165) is 13.0 Å². The van der Waals surface area contributed by atoms with Crippen LogP contribution in [0.3, 0.4) is 0 Å². The largest absolute Gasteiger partial charge is 0.389 e. The van der Waals surface area contributed by atoms with Crippen molar-refractivity contribution in [3.8, 4) is 0 Å². The number of nitrogens with zero attached hydrogens (tertiary/aromatic N) is 3. The highest BCUT2D eigenvalue weighted by Crippen LogP contribution is 2.14. The van der Waals surface area contributed by atoms with Crippen LogP contribution in [0, 0.1) is 5.92 Å². The molecule has 0 spiro atoms. The zero-order chi connectivity index (χ0) is 16.9. The van der Waals surface area contributed by atoms with Crippen molar-refractivity contribution < 1.29 is 9.63 Å². The van der Waals surface area contributed by atoms with Crippen LogP contribution in [0.1, 0.15) is 45.0 Å². The first-order chi connectivity index (χ1) is 10.8. The first-order valence-electron chi connectivity index (χ1n) is 8.12. The Morgan fingerprint density at radius 2 is 1.87 bits per heavy atom. The molecule has 1 aromatic heterocycles. The summed E-state index contributed by atoms with van der Waals surface area (Å²) >= 11 is 0. The van der Waals surface area contributed by atoms with Crippen LogP contribution in [-0.2, 0) is 19.5 Å². The van der Waals surface area contributed by atoms with Crippen LogP contribution in [0.25, 0.3) is 0 Å². The molecule has 5 nitrogen and oxygen atoms in total. The van der Waals surface area contributed by atoms with Gasteiger partial charge >= 0.3 is 0 Å². The molecular formula is C18H27N3O2. The van der Waals surface area contributed by atoms with E-state index in [1.807, 2.05) is 32.0 Å². The molecule has 0 aliphatic rings. The molecule has 0 fully saturated rings. The smallest absolute Gasteiger partial charge is 0.226 e. The predicted molar refractivity (Wildman–Crippen MR) is 89.7 cm³/mol. The summed E-state index contributed by atoms with van der Waals surface area (Å²) in [4.78, 5) is 6.60. The molecule has 0 aliphatic heterocycles. The molecule has 126 valence electrons. The van der Waals surface area contributed by atoms with Gasteiger partial charge in [0.05, 0.1) is 12.1 Å². The number of hydrogen-bond donors (Lipinski definition) is 1. The van der Waals surface area contributed by atoms with Crippen LogP contribution in [0.15, 0.2) is 34.9 Å². The minimum atomic E-state index is -0.778. The summed E-state index contributed by atoms with van der Waals surface area (Å²) in [7, 11) is 0. The molecular weight excluding hydrogens is 290 g/mol. The maximum absolute atomic E-state index is 10.2. The van der Waals surface area contributed by atoms with Gasteiger partial charge in [-0.05, 0) is 25.3 Å². The van der Waals surface area contributed by atoms with Gasteiger partial charge in [0.2, 0.25) is 5.89 Å². The van der Waals surface area contributed by atoms with Gasteiger partial charge in [-0.1, -0.05) is 49.3 Å². The Balaban J connectivity index is 2.06. The van der Waals surface area contributed by atoms with Gasteiger partial charge in [0.15, 0.2) is 5.82 Å². The fourth-order valence-electron chi connectivity index (χ4n) is 2.54. The van der Waals surface area contributed by atoms with Crippen molar-refractivity contribution in [2.75, 3.05) is 6.54 Å². The maximum atomic E-state index is 10.2. The van der Waals surface area contributed by atoms with Crippen LogP contribution < -0.4 is 0 Å². The van der Waals surface area contributed by atoms with Gasteiger partial charge in [0.25, 0.3) is 0 Å². The summed E-state index contributed by atoms with van der Waals surface area (Å²) in [6.07, 6.45) is 0.789. The lowest BCUT2D eigenvalue weighted by Gasteiger charge is -2.28. The lowest BCUT2D eigenvalue weighted by atomic mass is 10.1. The molecule has 1 aromatic carbocycles. The van der Waals surface area contributed by atoms with Gasteiger partial charge in [0, 0.05) is 19.5 Å². The minimum absolute atomic E-state index is 0.486. The summed E-state index contributed by atoms with van der Waals surface area (Å²) in [6, 6.07) is 10.2. The van der Waals surface area contributed by atoms with E-state index >= 15 is 0 Å². The lowest BCUT2D eigenvalue weighted by Crippen LogP contribution is -2.38. The average Bonchev–Trinajstić information content (AvgIpc) is 2.84. The van der Waals surface area contributed by atoms with E-state index in [1.54, 1.807) is 0 Å². The number of rotatable bonds is 8. The maximum Gasteiger partial charge on any atom is 0.226 e. The van der Waals surface area contributed by atoms with Gasteiger partial charge < -0.3 is 9.63 Å². The molecule has 1 heterocycles. The summed E-state index contributed by atoms with van der Waals surface area (Å²) in [5.41, 5.74) is 0.418.